The summed E-state index contributed by atoms with van der Waals surface area (Å²) in [7, 11) is 1.62. The Balaban J connectivity index is 1.60. The number of piperidine rings is 1. The molecule has 25 heavy (non-hydrogen) atoms. The van der Waals surface area contributed by atoms with E-state index < -0.39 is 0 Å². The van der Waals surface area contributed by atoms with Gasteiger partial charge in [0, 0.05) is 12.6 Å². The Kier molecular flexibility index (Phi) is 5.58. The first kappa shape index (κ1) is 17.3. The SMILES string of the molecule is CC[C@H]1CCCCN1C(=O)c1coc(COc2ccc(OC)cc2)n1. The quantitative estimate of drug-likeness (QED) is 0.800. The van der Waals surface area contributed by atoms with Crippen molar-refractivity contribution in [1.82, 2.24) is 9.88 Å². The van der Waals surface area contributed by atoms with Gasteiger partial charge in [-0.1, -0.05) is 6.92 Å². The van der Waals surface area contributed by atoms with Gasteiger partial charge in [-0.3, -0.25) is 4.79 Å². The third kappa shape index (κ3) is 4.13. The lowest BCUT2D eigenvalue weighted by molar-refractivity contribution is 0.0602. The Hall–Kier alpha value is -2.50. The average Bonchev–Trinajstić information content (AvgIpc) is 3.15. The van der Waals surface area contributed by atoms with Crippen molar-refractivity contribution in [3.05, 3.63) is 42.1 Å². The van der Waals surface area contributed by atoms with Gasteiger partial charge in [0.05, 0.1) is 7.11 Å². The standard InChI is InChI=1S/C19H24N2O4/c1-3-14-6-4-5-11-21(14)19(22)17-12-25-18(20-17)13-24-16-9-7-15(23-2)8-10-16/h7-10,12,14H,3-6,11,13H2,1-2H3/t14-/m0/s1. The van der Waals surface area contributed by atoms with Crippen molar-refractivity contribution in [1.29, 1.82) is 0 Å². The van der Waals surface area contributed by atoms with Gasteiger partial charge in [-0.05, 0) is 49.9 Å². The maximum Gasteiger partial charge on any atom is 0.276 e. The molecule has 2 heterocycles. The second-order valence-electron chi connectivity index (χ2n) is 6.15. The largest absolute Gasteiger partial charge is 0.497 e. The van der Waals surface area contributed by atoms with Crippen molar-refractivity contribution in [2.75, 3.05) is 13.7 Å². The first-order valence-corrected chi connectivity index (χ1v) is 8.73. The van der Waals surface area contributed by atoms with Crippen molar-refractivity contribution in [3.63, 3.8) is 0 Å². The molecular weight excluding hydrogens is 320 g/mol. The van der Waals surface area contributed by atoms with Gasteiger partial charge in [0.1, 0.15) is 17.8 Å². The number of oxazole rings is 1. The molecule has 1 aromatic heterocycles. The van der Waals surface area contributed by atoms with E-state index in [1.165, 1.54) is 12.7 Å². The lowest BCUT2D eigenvalue weighted by Gasteiger charge is -2.34. The van der Waals surface area contributed by atoms with Gasteiger partial charge in [-0.15, -0.1) is 0 Å². The highest BCUT2D eigenvalue weighted by Crippen LogP contribution is 2.22. The number of aromatic nitrogens is 1. The molecule has 2 aromatic rings. The molecule has 6 heteroatoms. The number of ether oxygens (including phenoxy) is 2. The number of carbonyl (C=O) groups is 1. The molecule has 0 aliphatic carbocycles. The third-order valence-corrected chi connectivity index (χ3v) is 4.55. The maximum atomic E-state index is 12.7. The third-order valence-electron chi connectivity index (χ3n) is 4.55. The van der Waals surface area contributed by atoms with Gasteiger partial charge in [0.15, 0.2) is 12.3 Å². The molecular formula is C19H24N2O4. The van der Waals surface area contributed by atoms with Crippen molar-refractivity contribution in [3.8, 4) is 11.5 Å². The molecule has 0 saturated carbocycles. The number of rotatable bonds is 6. The van der Waals surface area contributed by atoms with E-state index in [4.69, 9.17) is 13.9 Å². The van der Waals surface area contributed by atoms with Crippen LogP contribution in [0.25, 0.3) is 0 Å². The first-order chi connectivity index (χ1) is 12.2. The van der Waals surface area contributed by atoms with Crippen LogP contribution in [0.4, 0.5) is 0 Å². The zero-order valence-corrected chi connectivity index (χ0v) is 14.7. The predicted octanol–water partition coefficient (Wildman–Crippen LogP) is 3.67. The van der Waals surface area contributed by atoms with Crippen molar-refractivity contribution < 1.29 is 18.7 Å². The molecule has 0 radical (unpaired) electrons. The lowest BCUT2D eigenvalue weighted by Crippen LogP contribution is -2.43. The van der Waals surface area contributed by atoms with Gasteiger partial charge in [-0.25, -0.2) is 4.98 Å². The number of methoxy groups -OCH3 is 1. The molecule has 3 rings (SSSR count). The minimum Gasteiger partial charge on any atom is -0.497 e. The maximum absolute atomic E-state index is 12.7. The minimum atomic E-state index is -0.0500. The molecule has 1 fully saturated rings. The predicted molar refractivity (Wildman–Crippen MR) is 92.8 cm³/mol. The summed E-state index contributed by atoms with van der Waals surface area (Å²) in [4.78, 5) is 18.9. The van der Waals surface area contributed by atoms with E-state index in [-0.39, 0.29) is 12.5 Å². The summed E-state index contributed by atoms with van der Waals surface area (Å²) < 4.78 is 16.1. The molecule has 134 valence electrons. The summed E-state index contributed by atoms with van der Waals surface area (Å²) in [5.74, 6) is 1.80. The summed E-state index contributed by atoms with van der Waals surface area (Å²) in [5, 5.41) is 0. The van der Waals surface area contributed by atoms with Gasteiger partial charge in [0.2, 0.25) is 5.89 Å². The van der Waals surface area contributed by atoms with Crippen molar-refractivity contribution >= 4 is 5.91 Å². The van der Waals surface area contributed by atoms with E-state index in [0.29, 0.717) is 23.4 Å². The first-order valence-electron chi connectivity index (χ1n) is 8.73. The van der Waals surface area contributed by atoms with Crippen molar-refractivity contribution in [2.24, 2.45) is 0 Å². The molecule has 1 saturated heterocycles. The number of likely N-dealkylation sites (tertiary alicyclic amines) is 1. The van der Waals surface area contributed by atoms with Crippen LogP contribution in [0.15, 0.2) is 34.9 Å². The average molecular weight is 344 g/mol. The topological polar surface area (TPSA) is 64.8 Å². The fourth-order valence-electron chi connectivity index (χ4n) is 3.13. The number of carbonyl (C=O) groups excluding carboxylic acids is 1. The molecule has 0 unspecified atom stereocenters. The van der Waals surface area contributed by atoms with Crippen LogP contribution in [-0.4, -0.2) is 35.5 Å². The van der Waals surface area contributed by atoms with Gasteiger partial charge in [0.25, 0.3) is 5.91 Å². The summed E-state index contributed by atoms with van der Waals surface area (Å²) in [6.07, 6.45) is 5.69. The van der Waals surface area contributed by atoms with E-state index >= 15 is 0 Å². The highest BCUT2D eigenvalue weighted by atomic mass is 16.5. The molecule has 0 bridgehead atoms. The molecule has 1 aliphatic rings. The number of amides is 1. The number of nitrogens with zero attached hydrogens (tertiary/aromatic N) is 2. The zero-order chi connectivity index (χ0) is 17.6. The van der Waals surface area contributed by atoms with E-state index in [0.717, 1.165) is 31.6 Å². The van der Waals surface area contributed by atoms with Crippen LogP contribution in [0.1, 0.15) is 49.0 Å². The van der Waals surface area contributed by atoms with Crippen LogP contribution in [0.5, 0.6) is 11.5 Å². The molecule has 1 aliphatic heterocycles. The number of benzene rings is 1. The van der Waals surface area contributed by atoms with Gasteiger partial charge >= 0.3 is 0 Å². The van der Waals surface area contributed by atoms with E-state index in [1.807, 2.05) is 29.2 Å². The van der Waals surface area contributed by atoms with Crippen LogP contribution in [0, 0.1) is 0 Å². The Morgan fingerprint density at radius 3 is 2.76 bits per heavy atom. The molecule has 0 N–H and O–H groups in total. The Morgan fingerprint density at radius 1 is 1.28 bits per heavy atom. The summed E-state index contributed by atoms with van der Waals surface area (Å²) >= 11 is 0. The second-order valence-corrected chi connectivity index (χ2v) is 6.15. The highest BCUT2D eigenvalue weighted by Gasteiger charge is 2.28. The zero-order valence-electron chi connectivity index (χ0n) is 14.7. The fourth-order valence-corrected chi connectivity index (χ4v) is 3.13. The number of hydrogen-bond donors (Lipinski definition) is 0. The highest BCUT2D eigenvalue weighted by molar-refractivity contribution is 5.92. The minimum absolute atomic E-state index is 0.0500. The van der Waals surface area contributed by atoms with Crippen LogP contribution in [0.2, 0.25) is 0 Å². The Labute approximate surface area is 147 Å². The number of hydrogen-bond acceptors (Lipinski definition) is 5. The van der Waals surface area contributed by atoms with Crippen molar-refractivity contribution in [2.45, 2.75) is 45.3 Å². The molecule has 1 amide bonds. The molecule has 0 spiro atoms. The van der Waals surface area contributed by atoms with Crippen LogP contribution in [-0.2, 0) is 6.61 Å². The van der Waals surface area contributed by atoms with Crippen LogP contribution in [0.3, 0.4) is 0 Å². The Bertz CT molecular complexity index is 696. The molecule has 1 aromatic carbocycles. The Morgan fingerprint density at radius 2 is 2.04 bits per heavy atom. The summed E-state index contributed by atoms with van der Waals surface area (Å²) in [6.45, 7) is 3.09. The second kappa shape index (κ2) is 8.05. The van der Waals surface area contributed by atoms with Crippen LogP contribution >= 0.6 is 0 Å². The normalized spacial score (nSPS) is 17.4. The smallest absolute Gasteiger partial charge is 0.276 e. The fraction of sp³-hybridized carbons (Fsp3) is 0.474. The monoisotopic (exact) mass is 344 g/mol. The lowest BCUT2D eigenvalue weighted by atomic mass is 10.00. The van der Waals surface area contributed by atoms with E-state index in [1.54, 1.807) is 7.11 Å². The summed E-state index contributed by atoms with van der Waals surface area (Å²) in [6, 6.07) is 7.57. The van der Waals surface area contributed by atoms with E-state index in [2.05, 4.69) is 11.9 Å². The van der Waals surface area contributed by atoms with Crippen LogP contribution < -0.4 is 9.47 Å². The van der Waals surface area contributed by atoms with E-state index in [9.17, 15) is 4.79 Å². The van der Waals surface area contributed by atoms with Gasteiger partial charge < -0.3 is 18.8 Å². The molecule has 6 nitrogen and oxygen atoms in total. The van der Waals surface area contributed by atoms with Gasteiger partial charge in [-0.2, -0.15) is 0 Å². The molecule has 1 atom stereocenters. The summed E-state index contributed by atoms with van der Waals surface area (Å²) in [5.41, 5.74) is 0.355.